The summed E-state index contributed by atoms with van der Waals surface area (Å²) in [5.41, 5.74) is 0.691. The van der Waals surface area contributed by atoms with Gasteiger partial charge in [0.05, 0.1) is 30.2 Å². The molecule has 1 aliphatic carbocycles. The van der Waals surface area contributed by atoms with E-state index in [0.717, 1.165) is 35.8 Å². The van der Waals surface area contributed by atoms with E-state index in [0.29, 0.717) is 30.1 Å². The van der Waals surface area contributed by atoms with Crippen LogP contribution in [0.25, 0.3) is 21.9 Å². The van der Waals surface area contributed by atoms with Crippen LogP contribution in [0.1, 0.15) is 19.3 Å². The van der Waals surface area contributed by atoms with E-state index in [1.165, 1.54) is 6.07 Å². The number of benzene rings is 1. The van der Waals surface area contributed by atoms with E-state index in [1.54, 1.807) is 18.4 Å². The van der Waals surface area contributed by atoms with E-state index in [2.05, 4.69) is 12.2 Å². The van der Waals surface area contributed by atoms with Crippen molar-refractivity contribution in [3.05, 3.63) is 64.9 Å². The second kappa shape index (κ2) is 6.89. The summed E-state index contributed by atoms with van der Waals surface area (Å²) < 4.78 is 22.4. The largest absolute Gasteiger partial charge is 0.494 e. The normalized spacial score (nSPS) is 14.0. The standard InChI is InChI=1S/C20H18O5/c21-19-8-7-15-18(25-19)13-17-16(9-12-23-17)20(15)24-11-4-10-22-14-5-2-1-3-6-14/h2,5-9,12-13H,1,3-4,10-11H2. The molecule has 0 aliphatic heterocycles. The van der Waals surface area contributed by atoms with Crippen molar-refractivity contribution in [2.24, 2.45) is 0 Å². The molecule has 5 heteroatoms. The molecule has 0 unspecified atom stereocenters. The van der Waals surface area contributed by atoms with Crippen molar-refractivity contribution in [2.45, 2.75) is 19.3 Å². The van der Waals surface area contributed by atoms with E-state index in [9.17, 15) is 4.79 Å². The fourth-order valence-electron chi connectivity index (χ4n) is 2.89. The molecule has 0 spiro atoms. The zero-order valence-corrected chi connectivity index (χ0v) is 13.7. The van der Waals surface area contributed by atoms with Crippen molar-refractivity contribution < 1.29 is 18.3 Å². The topological polar surface area (TPSA) is 61.8 Å². The van der Waals surface area contributed by atoms with Crippen molar-refractivity contribution in [2.75, 3.05) is 13.2 Å². The lowest BCUT2D eigenvalue weighted by molar-refractivity contribution is 0.191. The Hall–Kier alpha value is -2.95. The Morgan fingerprint density at radius 2 is 1.88 bits per heavy atom. The Morgan fingerprint density at radius 3 is 2.76 bits per heavy atom. The molecule has 0 atom stereocenters. The average molecular weight is 338 g/mol. The molecule has 1 aromatic carbocycles. The van der Waals surface area contributed by atoms with Gasteiger partial charge in [-0.1, -0.05) is 6.08 Å². The van der Waals surface area contributed by atoms with E-state index in [-0.39, 0.29) is 0 Å². The smallest absolute Gasteiger partial charge is 0.336 e. The molecule has 3 aromatic rings. The quantitative estimate of drug-likeness (QED) is 0.487. The molecule has 0 fully saturated rings. The Morgan fingerprint density at radius 1 is 1.00 bits per heavy atom. The summed E-state index contributed by atoms with van der Waals surface area (Å²) in [5.74, 6) is 1.59. The number of hydrogen-bond acceptors (Lipinski definition) is 5. The summed E-state index contributed by atoms with van der Waals surface area (Å²) in [6.45, 7) is 1.08. The Balaban J connectivity index is 1.48. The van der Waals surface area contributed by atoms with Crippen LogP contribution in [-0.4, -0.2) is 13.2 Å². The maximum absolute atomic E-state index is 11.5. The first-order valence-electron chi connectivity index (χ1n) is 8.38. The summed E-state index contributed by atoms with van der Waals surface area (Å²) in [5, 5.41) is 1.62. The molecule has 1 aliphatic rings. The minimum absolute atomic E-state index is 0.397. The molecule has 2 heterocycles. The lowest BCUT2D eigenvalue weighted by Gasteiger charge is -2.12. The van der Waals surface area contributed by atoms with Gasteiger partial charge in [0.15, 0.2) is 0 Å². The predicted octanol–water partition coefficient (Wildman–Crippen LogP) is 4.56. The van der Waals surface area contributed by atoms with Crippen LogP contribution in [-0.2, 0) is 4.74 Å². The molecule has 2 aromatic heterocycles. The van der Waals surface area contributed by atoms with Crippen LogP contribution in [0, 0.1) is 0 Å². The summed E-state index contributed by atoms with van der Waals surface area (Å²) in [7, 11) is 0. The molecule has 0 saturated carbocycles. The lowest BCUT2D eigenvalue weighted by Crippen LogP contribution is -2.04. The van der Waals surface area contributed by atoms with Gasteiger partial charge in [0.2, 0.25) is 0 Å². The summed E-state index contributed by atoms with van der Waals surface area (Å²) in [6.07, 6.45) is 10.7. The minimum Gasteiger partial charge on any atom is -0.494 e. The highest BCUT2D eigenvalue weighted by molar-refractivity contribution is 6.01. The predicted molar refractivity (Wildman–Crippen MR) is 94.8 cm³/mol. The van der Waals surface area contributed by atoms with Crippen molar-refractivity contribution >= 4 is 21.9 Å². The van der Waals surface area contributed by atoms with Gasteiger partial charge in [-0.2, -0.15) is 0 Å². The Labute approximate surface area is 144 Å². The van der Waals surface area contributed by atoms with Crippen molar-refractivity contribution in [1.82, 2.24) is 0 Å². The van der Waals surface area contributed by atoms with E-state index in [1.807, 2.05) is 12.1 Å². The average Bonchev–Trinajstić information content (AvgIpc) is 3.09. The minimum atomic E-state index is -0.397. The summed E-state index contributed by atoms with van der Waals surface area (Å²) in [4.78, 5) is 11.5. The molecule has 25 heavy (non-hydrogen) atoms. The first kappa shape index (κ1) is 15.6. The van der Waals surface area contributed by atoms with Crippen LogP contribution in [0.2, 0.25) is 0 Å². The molecule has 4 rings (SSSR count). The fraction of sp³-hybridized carbons (Fsp3) is 0.250. The summed E-state index contributed by atoms with van der Waals surface area (Å²) in [6, 6.07) is 6.68. The van der Waals surface area contributed by atoms with Crippen LogP contribution in [0.5, 0.6) is 5.75 Å². The van der Waals surface area contributed by atoms with E-state index < -0.39 is 5.63 Å². The maximum Gasteiger partial charge on any atom is 0.336 e. The zero-order chi connectivity index (χ0) is 17.1. The lowest BCUT2D eigenvalue weighted by atomic mass is 10.1. The van der Waals surface area contributed by atoms with Crippen LogP contribution >= 0.6 is 0 Å². The van der Waals surface area contributed by atoms with Gasteiger partial charge in [-0.05, 0) is 37.1 Å². The maximum atomic E-state index is 11.5. The number of allylic oxidation sites excluding steroid dienone is 3. The molecule has 0 saturated heterocycles. The zero-order valence-electron chi connectivity index (χ0n) is 13.7. The molecule has 0 amide bonds. The second-order valence-corrected chi connectivity index (χ2v) is 5.84. The molecular weight excluding hydrogens is 320 g/mol. The van der Waals surface area contributed by atoms with Crippen molar-refractivity contribution in [3.8, 4) is 5.75 Å². The Bertz CT molecular complexity index is 1010. The number of rotatable bonds is 6. The van der Waals surface area contributed by atoms with Gasteiger partial charge in [-0.3, -0.25) is 0 Å². The Kier molecular flexibility index (Phi) is 4.29. The van der Waals surface area contributed by atoms with E-state index >= 15 is 0 Å². The third-order valence-corrected chi connectivity index (χ3v) is 4.07. The highest BCUT2D eigenvalue weighted by Gasteiger charge is 2.13. The van der Waals surface area contributed by atoms with Crippen LogP contribution < -0.4 is 10.4 Å². The highest BCUT2D eigenvalue weighted by Crippen LogP contribution is 2.35. The number of hydrogen-bond donors (Lipinski definition) is 0. The number of furan rings is 1. The van der Waals surface area contributed by atoms with Crippen molar-refractivity contribution in [1.29, 1.82) is 0 Å². The molecule has 5 nitrogen and oxygen atoms in total. The third-order valence-electron chi connectivity index (χ3n) is 4.07. The van der Waals surface area contributed by atoms with Gasteiger partial charge in [0.25, 0.3) is 0 Å². The van der Waals surface area contributed by atoms with Crippen LogP contribution in [0.15, 0.2) is 68.1 Å². The monoisotopic (exact) mass is 338 g/mol. The number of fused-ring (bicyclic) bond motifs is 2. The molecule has 0 N–H and O–H groups in total. The third kappa shape index (κ3) is 3.31. The highest BCUT2D eigenvalue weighted by atomic mass is 16.5. The SMILES string of the molecule is O=c1ccc2c(OCCCOC3=CCCC=C3)c3ccoc3cc2o1. The van der Waals surface area contributed by atoms with Gasteiger partial charge < -0.3 is 18.3 Å². The van der Waals surface area contributed by atoms with Crippen LogP contribution in [0.4, 0.5) is 0 Å². The van der Waals surface area contributed by atoms with Gasteiger partial charge in [-0.15, -0.1) is 0 Å². The first-order valence-corrected chi connectivity index (χ1v) is 8.38. The fourth-order valence-corrected chi connectivity index (χ4v) is 2.89. The molecule has 0 radical (unpaired) electrons. The van der Waals surface area contributed by atoms with Gasteiger partial charge in [-0.25, -0.2) is 4.79 Å². The van der Waals surface area contributed by atoms with Crippen LogP contribution in [0.3, 0.4) is 0 Å². The summed E-state index contributed by atoms with van der Waals surface area (Å²) >= 11 is 0. The van der Waals surface area contributed by atoms with Crippen molar-refractivity contribution in [3.63, 3.8) is 0 Å². The second-order valence-electron chi connectivity index (χ2n) is 5.84. The molecule has 128 valence electrons. The van der Waals surface area contributed by atoms with Gasteiger partial charge >= 0.3 is 5.63 Å². The van der Waals surface area contributed by atoms with E-state index in [4.69, 9.17) is 18.3 Å². The number of ether oxygens (including phenoxy) is 2. The van der Waals surface area contributed by atoms with Gasteiger partial charge in [0, 0.05) is 18.6 Å². The van der Waals surface area contributed by atoms with Gasteiger partial charge in [0.1, 0.15) is 22.7 Å². The molecular formula is C20H18O5. The molecule has 0 bridgehead atoms. The first-order chi connectivity index (χ1) is 12.3.